The van der Waals surface area contributed by atoms with Crippen LogP contribution in [0.3, 0.4) is 0 Å². The number of amides is 1. The molecule has 6 aromatic rings. The van der Waals surface area contributed by atoms with Crippen molar-refractivity contribution in [2.45, 2.75) is 130 Å². The second kappa shape index (κ2) is 20.0. The molecule has 2 atom stereocenters. The van der Waals surface area contributed by atoms with Crippen molar-refractivity contribution in [2.24, 2.45) is 0 Å². The molecular weight excluding hydrogens is 854 g/mol. The van der Waals surface area contributed by atoms with Gasteiger partial charge >= 0.3 is 12.1 Å². The van der Waals surface area contributed by atoms with Crippen LogP contribution in [0, 0.1) is 5.82 Å². The lowest BCUT2D eigenvalue weighted by Crippen LogP contribution is -2.51. The third kappa shape index (κ3) is 10.9. The van der Waals surface area contributed by atoms with Gasteiger partial charge in [-0.2, -0.15) is 5.10 Å². The summed E-state index contributed by atoms with van der Waals surface area (Å²) in [6, 6.07) is 28.6. The molecule has 4 aromatic carbocycles. The molecule has 2 aliphatic rings. The fourth-order valence-electron chi connectivity index (χ4n) is 8.45. The van der Waals surface area contributed by atoms with Crippen LogP contribution in [0.5, 0.6) is 5.75 Å². The number of rotatable bonds is 15. The fraction of sp³-hybridized carbons (Fsp3) is 0.423. The molecule has 0 bridgehead atoms. The van der Waals surface area contributed by atoms with Crippen LogP contribution in [0.25, 0.3) is 33.5 Å². The Balaban J connectivity index is 1.21. The Labute approximate surface area is 388 Å². The average molecular weight is 916 g/mol. The quantitative estimate of drug-likeness (QED) is 0.0563. The molecule has 0 aliphatic carbocycles. The Morgan fingerprint density at radius 2 is 1.65 bits per heavy atom. The number of benzene rings is 4. The minimum absolute atomic E-state index is 0.0324. The van der Waals surface area contributed by atoms with Crippen LogP contribution in [-0.4, -0.2) is 69.2 Å². The highest BCUT2D eigenvalue weighted by Crippen LogP contribution is 2.39. The number of carbonyl (C=O) groups excluding carboxylic acids is 2. The molecule has 66 heavy (non-hydrogen) atoms. The minimum Gasteiger partial charge on any atom is -0.486 e. The number of hydrogen-bond acceptors (Lipinski definition) is 9. The molecule has 8 rings (SSSR count). The average Bonchev–Trinajstić information content (AvgIpc) is 3.86. The highest BCUT2D eigenvalue weighted by Gasteiger charge is 2.41. The number of nitrogens with zero attached hydrogens (tertiary/aromatic N) is 5. The number of hydrogen-bond donors (Lipinski definition) is 0. The first-order valence-corrected chi connectivity index (χ1v) is 26.9. The zero-order valence-electron chi connectivity index (χ0n) is 39.3. The van der Waals surface area contributed by atoms with Crippen molar-refractivity contribution in [1.29, 1.82) is 0 Å². The summed E-state index contributed by atoms with van der Waals surface area (Å²) in [4.78, 5) is 34.8. The molecule has 348 valence electrons. The predicted molar refractivity (Wildman–Crippen MR) is 255 cm³/mol. The van der Waals surface area contributed by atoms with Gasteiger partial charge in [-0.3, -0.25) is 4.90 Å². The van der Waals surface area contributed by atoms with Crippen LogP contribution in [0.1, 0.15) is 81.3 Å². The van der Waals surface area contributed by atoms with E-state index in [2.05, 4.69) is 32.6 Å². The van der Waals surface area contributed by atoms with Gasteiger partial charge in [-0.15, -0.1) is 0 Å². The highest BCUT2D eigenvalue weighted by atomic mass is 28.3. The fourth-order valence-corrected chi connectivity index (χ4v) is 9.21. The van der Waals surface area contributed by atoms with E-state index in [4.69, 9.17) is 33.8 Å². The van der Waals surface area contributed by atoms with Crippen molar-refractivity contribution in [3.63, 3.8) is 0 Å². The normalized spacial score (nSPS) is 16.6. The molecule has 1 unspecified atom stereocenters. The molecule has 1 saturated heterocycles. The Hall–Kier alpha value is -5.83. The van der Waals surface area contributed by atoms with E-state index in [1.54, 1.807) is 32.9 Å². The lowest BCUT2D eigenvalue weighted by molar-refractivity contribution is -0.152. The van der Waals surface area contributed by atoms with Crippen LogP contribution >= 0.6 is 0 Å². The largest absolute Gasteiger partial charge is 0.486 e. The summed E-state index contributed by atoms with van der Waals surface area (Å²) in [6.45, 7) is 16.0. The van der Waals surface area contributed by atoms with Gasteiger partial charge in [0, 0.05) is 33.1 Å². The first-order chi connectivity index (χ1) is 31.7. The third-order valence-corrected chi connectivity index (χ3v) is 13.7. The number of aryl methyl sites for hydroxylation is 1. The number of imidazole rings is 1. The molecule has 0 saturated carbocycles. The lowest BCUT2D eigenvalue weighted by Gasteiger charge is -2.35. The lowest BCUT2D eigenvalue weighted by atomic mass is 9.96. The second-order valence-electron chi connectivity index (χ2n) is 19.4. The van der Waals surface area contributed by atoms with Gasteiger partial charge in [0.2, 0.25) is 0 Å². The second-order valence-corrected chi connectivity index (χ2v) is 25.1. The maximum Gasteiger partial charge on any atom is 0.411 e. The van der Waals surface area contributed by atoms with E-state index < -0.39 is 37.6 Å². The van der Waals surface area contributed by atoms with Crippen molar-refractivity contribution < 1.29 is 37.7 Å². The number of fused-ring (bicyclic) bond motifs is 2. The van der Waals surface area contributed by atoms with Gasteiger partial charge < -0.3 is 28.3 Å². The molecular formula is C52H62FN5O7Si. The predicted octanol–water partition coefficient (Wildman–Crippen LogP) is 11.3. The number of halogens is 1. The molecule has 4 heterocycles. The van der Waals surface area contributed by atoms with E-state index in [1.807, 2.05) is 82.0 Å². The third-order valence-electron chi connectivity index (χ3n) is 12.0. The topological polar surface area (TPSA) is 119 Å². The standard InChI is InChI=1S/C52H62FN5O7Si/c1-8-37-28-46(63-32-35-17-11-9-12-18-35)41(53)29-40(37)38-22-23-39-43(27-38)58(47-21-15-16-24-62-47)55-48(39)49-54-42-30-44(50(59)64-33-36-19-13-10-14-20-36)56(51(60)65-52(2,3)4)31-45(42)57(49)34-61-25-26-66(5,6)7/h9-14,17-20,22-23,27-29,44,47H,8,15-16,21,24-26,30-34H2,1-7H3/t44-,47?/m0/s1. The molecule has 1 fully saturated rings. The van der Waals surface area contributed by atoms with E-state index in [1.165, 1.54) is 4.90 Å². The summed E-state index contributed by atoms with van der Waals surface area (Å²) in [5.41, 5.74) is 6.31. The molecule has 14 heteroatoms. The van der Waals surface area contributed by atoms with Gasteiger partial charge in [0.05, 0.1) is 23.4 Å². The summed E-state index contributed by atoms with van der Waals surface area (Å²) in [6.07, 6.45) is 2.51. The Morgan fingerprint density at radius 3 is 2.32 bits per heavy atom. The monoisotopic (exact) mass is 915 g/mol. The summed E-state index contributed by atoms with van der Waals surface area (Å²) in [5.74, 6) is -0.230. The van der Waals surface area contributed by atoms with Crippen LogP contribution in [0.2, 0.25) is 25.7 Å². The van der Waals surface area contributed by atoms with Crippen LogP contribution in [0.15, 0.2) is 91.0 Å². The first kappa shape index (κ1) is 46.7. The molecule has 2 aromatic heterocycles. The van der Waals surface area contributed by atoms with E-state index in [0.29, 0.717) is 36.8 Å². The van der Waals surface area contributed by atoms with Crippen molar-refractivity contribution >= 4 is 31.0 Å². The van der Waals surface area contributed by atoms with Crippen molar-refractivity contribution in [3.8, 4) is 28.4 Å². The van der Waals surface area contributed by atoms with Gasteiger partial charge in [0.25, 0.3) is 0 Å². The smallest absolute Gasteiger partial charge is 0.411 e. The van der Waals surface area contributed by atoms with Crippen LogP contribution in [0.4, 0.5) is 9.18 Å². The number of esters is 1. The molecule has 0 N–H and O–H groups in total. The van der Waals surface area contributed by atoms with E-state index in [-0.39, 0.29) is 44.9 Å². The van der Waals surface area contributed by atoms with Gasteiger partial charge in [-0.05, 0) is 105 Å². The zero-order valence-corrected chi connectivity index (χ0v) is 40.3. The molecule has 1 amide bonds. The number of ether oxygens (including phenoxy) is 5. The summed E-state index contributed by atoms with van der Waals surface area (Å²) in [5, 5.41) is 6.13. The Bertz CT molecular complexity index is 2650. The molecule has 2 aliphatic heterocycles. The molecule has 12 nitrogen and oxygen atoms in total. The molecule has 0 spiro atoms. The van der Waals surface area contributed by atoms with Crippen LogP contribution < -0.4 is 4.74 Å². The number of carbonyl (C=O) groups is 2. The van der Waals surface area contributed by atoms with Gasteiger partial charge in [-0.1, -0.05) is 93.3 Å². The Kier molecular flexibility index (Phi) is 14.1. The van der Waals surface area contributed by atoms with E-state index in [0.717, 1.165) is 69.7 Å². The van der Waals surface area contributed by atoms with Gasteiger partial charge in [0.1, 0.15) is 37.3 Å². The van der Waals surface area contributed by atoms with Gasteiger partial charge in [-0.25, -0.2) is 23.6 Å². The maximum absolute atomic E-state index is 15.9. The van der Waals surface area contributed by atoms with Crippen molar-refractivity contribution in [1.82, 2.24) is 24.2 Å². The van der Waals surface area contributed by atoms with E-state index >= 15 is 4.39 Å². The number of aromatic nitrogens is 4. The zero-order chi connectivity index (χ0) is 46.6. The summed E-state index contributed by atoms with van der Waals surface area (Å²) < 4.78 is 50.4. The van der Waals surface area contributed by atoms with E-state index in [9.17, 15) is 9.59 Å². The van der Waals surface area contributed by atoms with Gasteiger partial charge in [0.15, 0.2) is 23.6 Å². The first-order valence-electron chi connectivity index (χ1n) is 23.2. The molecule has 0 radical (unpaired) electrons. The Morgan fingerprint density at radius 1 is 0.924 bits per heavy atom. The highest BCUT2D eigenvalue weighted by molar-refractivity contribution is 6.76. The maximum atomic E-state index is 15.9. The van der Waals surface area contributed by atoms with Crippen molar-refractivity contribution in [2.75, 3.05) is 13.2 Å². The minimum atomic E-state index is -1.44. The van der Waals surface area contributed by atoms with Crippen LogP contribution in [-0.2, 0) is 63.1 Å². The SMILES string of the molecule is CCc1cc(OCc2ccccc2)c(F)cc1-c1ccc2c(-c3nc4c(n3COCC[Si](C)(C)C)CN(C(=O)OC(C)(C)C)[C@H](C(=O)OCc3ccccc3)C4)nn(C3CCCCO3)c2c1. The van der Waals surface area contributed by atoms with Crippen molar-refractivity contribution in [3.05, 3.63) is 125 Å². The summed E-state index contributed by atoms with van der Waals surface area (Å²) in [7, 11) is -1.44. The summed E-state index contributed by atoms with van der Waals surface area (Å²) >= 11 is 0.